The third-order valence-electron chi connectivity index (χ3n) is 4.03. The molecule has 27 heavy (non-hydrogen) atoms. The maximum atomic E-state index is 12.7. The summed E-state index contributed by atoms with van der Waals surface area (Å²) in [6.45, 7) is 1.56. The summed E-state index contributed by atoms with van der Waals surface area (Å²) in [7, 11) is -3.49. The number of thiazole rings is 1. The van der Waals surface area contributed by atoms with Crippen molar-refractivity contribution in [2.75, 3.05) is 31.6 Å². The second-order valence-corrected chi connectivity index (χ2v) is 8.92. The molecule has 6 nitrogen and oxygen atoms in total. The van der Waals surface area contributed by atoms with Crippen LogP contribution in [0.1, 0.15) is 16.0 Å². The molecular weight excluding hydrogens is 403 g/mol. The van der Waals surface area contributed by atoms with Crippen LogP contribution in [0.15, 0.2) is 30.5 Å². The van der Waals surface area contributed by atoms with Gasteiger partial charge in [0.15, 0.2) is 5.13 Å². The molecule has 0 amide bonds. The van der Waals surface area contributed by atoms with Crippen molar-refractivity contribution in [1.29, 1.82) is 0 Å². The second kappa shape index (κ2) is 8.13. The first-order chi connectivity index (χ1) is 12.8. The number of hydrogen-bond donors (Lipinski definition) is 1. The van der Waals surface area contributed by atoms with E-state index in [1.165, 1.54) is 4.31 Å². The third-order valence-corrected chi connectivity index (χ3v) is 6.86. The summed E-state index contributed by atoms with van der Waals surface area (Å²) >= 11 is 0.513. The quantitative estimate of drug-likeness (QED) is 0.777. The maximum absolute atomic E-state index is 12.7. The van der Waals surface area contributed by atoms with Gasteiger partial charge in [0, 0.05) is 19.6 Å². The molecule has 1 N–H and O–H groups in total. The lowest BCUT2D eigenvalue weighted by Gasteiger charge is -2.26. The molecule has 1 aromatic carbocycles. The van der Waals surface area contributed by atoms with E-state index in [-0.39, 0.29) is 17.4 Å². The van der Waals surface area contributed by atoms with Crippen LogP contribution >= 0.6 is 11.3 Å². The predicted molar refractivity (Wildman–Crippen MR) is 95.9 cm³/mol. The van der Waals surface area contributed by atoms with Crippen LogP contribution in [-0.4, -0.2) is 44.0 Å². The molecule has 0 unspecified atom stereocenters. The second-order valence-electron chi connectivity index (χ2n) is 5.92. The van der Waals surface area contributed by atoms with Crippen molar-refractivity contribution in [2.24, 2.45) is 0 Å². The number of ether oxygens (including phenoxy) is 1. The van der Waals surface area contributed by atoms with Gasteiger partial charge in [-0.2, -0.15) is 17.5 Å². The van der Waals surface area contributed by atoms with Crippen LogP contribution < -0.4 is 5.32 Å². The zero-order chi connectivity index (χ0) is 19.5. The molecule has 1 aromatic heterocycles. The van der Waals surface area contributed by atoms with E-state index in [9.17, 15) is 21.6 Å². The molecule has 0 radical (unpaired) electrons. The molecular formula is C16H18F3N3O3S2. The minimum absolute atomic E-state index is 0.133. The number of nitrogens with zero attached hydrogens (tertiary/aromatic N) is 2. The van der Waals surface area contributed by atoms with Crippen LogP contribution in [-0.2, 0) is 33.2 Å². The minimum atomic E-state index is -4.43. The van der Waals surface area contributed by atoms with E-state index in [4.69, 9.17) is 4.74 Å². The highest BCUT2D eigenvalue weighted by atomic mass is 32.2. The zero-order valence-corrected chi connectivity index (χ0v) is 15.8. The summed E-state index contributed by atoms with van der Waals surface area (Å²) in [5, 5.41) is 2.97. The molecule has 1 fully saturated rings. The SMILES string of the molecule is O=S(=O)(Cc1ccccc1CNc1ncc(C(F)(F)F)s1)N1CCOCC1. The fourth-order valence-corrected chi connectivity index (χ4v) is 4.88. The van der Waals surface area contributed by atoms with E-state index in [0.717, 1.165) is 6.20 Å². The smallest absolute Gasteiger partial charge is 0.379 e. The minimum Gasteiger partial charge on any atom is -0.379 e. The maximum Gasteiger partial charge on any atom is 0.427 e. The molecule has 1 aliphatic heterocycles. The van der Waals surface area contributed by atoms with E-state index < -0.39 is 21.1 Å². The summed E-state index contributed by atoms with van der Waals surface area (Å²) in [6.07, 6.45) is -3.65. The number of rotatable bonds is 6. The van der Waals surface area contributed by atoms with Gasteiger partial charge in [-0.25, -0.2) is 13.4 Å². The van der Waals surface area contributed by atoms with Crippen molar-refractivity contribution < 1.29 is 26.3 Å². The first-order valence-electron chi connectivity index (χ1n) is 8.15. The number of sulfonamides is 1. The molecule has 3 rings (SSSR count). The van der Waals surface area contributed by atoms with Crippen molar-refractivity contribution >= 4 is 26.5 Å². The van der Waals surface area contributed by atoms with E-state index >= 15 is 0 Å². The van der Waals surface area contributed by atoms with Gasteiger partial charge >= 0.3 is 6.18 Å². The van der Waals surface area contributed by atoms with Gasteiger partial charge in [-0.3, -0.25) is 0 Å². The van der Waals surface area contributed by atoms with Gasteiger partial charge < -0.3 is 10.1 Å². The van der Waals surface area contributed by atoms with Crippen LogP contribution in [0.5, 0.6) is 0 Å². The Morgan fingerprint density at radius 3 is 2.48 bits per heavy atom. The molecule has 0 spiro atoms. The lowest BCUT2D eigenvalue weighted by atomic mass is 10.1. The topological polar surface area (TPSA) is 71.5 Å². The Labute approximate surface area is 159 Å². The molecule has 0 aliphatic carbocycles. The molecule has 1 saturated heterocycles. The molecule has 2 heterocycles. The van der Waals surface area contributed by atoms with Crippen molar-refractivity contribution in [3.8, 4) is 0 Å². The first-order valence-corrected chi connectivity index (χ1v) is 10.6. The monoisotopic (exact) mass is 421 g/mol. The number of benzene rings is 1. The largest absolute Gasteiger partial charge is 0.427 e. The third kappa shape index (κ3) is 5.18. The summed E-state index contributed by atoms with van der Waals surface area (Å²) in [5.41, 5.74) is 1.29. The van der Waals surface area contributed by atoms with Crippen molar-refractivity contribution in [3.05, 3.63) is 46.5 Å². The Hall–Kier alpha value is -1.69. The van der Waals surface area contributed by atoms with E-state index in [0.29, 0.717) is 48.8 Å². The summed E-state index contributed by atoms with van der Waals surface area (Å²) in [4.78, 5) is 2.94. The van der Waals surface area contributed by atoms with Crippen LogP contribution in [0.4, 0.5) is 18.3 Å². The zero-order valence-electron chi connectivity index (χ0n) is 14.2. The van der Waals surface area contributed by atoms with Crippen LogP contribution in [0.2, 0.25) is 0 Å². The summed E-state index contributed by atoms with van der Waals surface area (Å²) < 4.78 is 69.8. The molecule has 1 aliphatic rings. The average Bonchev–Trinajstić information content (AvgIpc) is 3.11. The fraction of sp³-hybridized carbons (Fsp3) is 0.438. The van der Waals surface area contributed by atoms with Crippen molar-refractivity contribution in [3.63, 3.8) is 0 Å². The molecule has 0 bridgehead atoms. The van der Waals surface area contributed by atoms with Gasteiger partial charge in [-0.05, 0) is 11.1 Å². The highest BCUT2D eigenvalue weighted by Crippen LogP contribution is 2.35. The molecule has 0 saturated carbocycles. The fourth-order valence-electron chi connectivity index (χ4n) is 2.64. The van der Waals surface area contributed by atoms with Gasteiger partial charge in [0.2, 0.25) is 10.0 Å². The van der Waals surface area contributed by atoms with Crippen LogP contribution in [0.25, 0.3) is 0 Å². The molecule has 2 aromatic rings. The molecule has 0 atom stereocenters. The lowest BCUT2D eigenvalue weighted by Crippen LogP contribution is -2.41. The first kappa shape index (κ1) is 20.1. The van der Waals surface area contributed by atoms with Crippen molar-refractivity contribution in [1.82, 2.24) is 9.29 Å². The van der Waals surface area contributed by atoms with Gasteiger partial charge in [0.05, 0.1) is 25.2 Å². The standard InChI is InChI=1S/C16H18F3N3O3S2/c17-16(18,19)14-10-21-15(26-14)20-9-12-3-1-2-4-13(12)11-27(23,24)22-5-7-25-8-6-22/h1-4,10H,5-9,11H2,(H,20,21). The lowest BCUT2D eigenvalue weighted by molar-refractivity contribution is -0.134. The average molecular weight is 421 g/mol. The molecule has 11 heteroatoms. The number of morpholine rings is 1. The van der Waals surface area contributed by atoms with Crippen LogP contribution in [0, 0.1) is 0 Å². The number of alkyl halides is 3. The highest BCUT2D eigenvalue weighted by Gasteiger charge is 2.33. The van der Waals surface area contributed by atoms with Gasteiger partial charge in [-0.1, -0.05) is 35.6 Å². The van der Waals surface area contributed by atoms with Gasteiger partial charge in [-0.15, -0.1) is 0 Å². The molecule has 148 valence electrons. The number of aromatic nitrogens is 1. The Kier molecular flexibility index (Phi) is 6.04. The summed E-state index contributed by atoms with van der Waals surface area (Å²) in [5.74, 6) is -0.170. The normalized spacial score (nSPS) is 16.4. The predicted octanol–water partition coefficient (Wildman–Crippen LogP) is 2.94. The van der Waals surface area contributed by atoms with E-state index in [1.807, 2.05) is 0 Å². The number of hydrogen-bond acceptors (Lipinski definition) is 6. The Balaban J connectivity index is 1.69. The Bertz CT molecular complexity index is 878. The highest BCUT2D eigenvalue weighted by molar-refractivity contribution is 7.88. The Morgan fingerprint density at radius 2 is 1.85 bits per heavy atom. The van der Waals surface area contributed by atoms with E-state index in [2.05, 4.69) is 10.3 Å². The van der Waals surface area contributed by atoms with Crippen molar-refractivity contribution in [2.45, 2.75) is 18.5 Å². The van der Waals surface area contributed by atoms with E-state index in [1.54, 1.807) is 24.3 Å². The Morgan fingerprint density at radius 1 is 1.19 bits per heavy atom. The van der Waals surface area contributed by atoms with Crippen LogP contribution in [0.3, 0.4) is 0 Å². The number of nitrogens with one attached hydrogen (secondary N) is 1. The number of halogens is 3. The summed E-state index contributed by atoms with van der Waals surface area (Å²) in [6, 6.07) is 6.94. The van der Waals surface area contributed by atoms with Gasteiger partial charge in [0.25, 0.3) is 0 Å². The van der Waals surface area contributed by atoms with Gasteiger partial charge in [0.1, 0.15) is 4.88 Å². The number of anilines is 1.